The van der Waals surface area contributed by atoms with Crippen LogP contribution in [0.5, 0.6) is 0 Å². The summed E-state index contributed by atoms with van der Waals surface area (Å²) in [7, 11) is 0. The van der Waals surface area contributed by atoms with E-state index in [9.17, 15) is 0 Å². The summed E-state index contributed by atoms with van der Waals surface area (Å²) in [5.74, 6) is 0.699. The normalized spacial score (nSPS) is 19.6. The summed E-state index contributed by atoms with van der Waals surface area (Å²) < 4.78 is 0. The van der Waals surface area contributed by atoms with Crippen molar-refractivity contribution in [1.29, 1.82) is 0 Å². The van der Waals surface area contributed by atoms with Crippen LogP contribution in [0, 0.1) is 0 Å². The van der Waals surface area contributed by atoms with Crippen LogP contribution in [0.4, 0.5) is 0 Å². The van der Waals surface area contributed by atoms with Gasteiger partial charge in [-0.3, -0.25) is 4.90 Å². The van der Waals surface area contributed by atoms with Crippen LogP contribution in [0.2, 0.25) is 0 Å². The molecule has 0 amide bonds. The first-order valence-corrected chi connectivity index (χ1v) is 8.43. The fraction of sp³-hybridized carbons (Fsp3) is 0.471. The van der Waals surface area contributed by atoms with E-state index in [2.05, 4.69) is 47.5 Å². The van der Waals surface area contributed by atoms with Gasteiger partial charge in [-0.25, -0.2) is 4.98 Å². The quantitative estimate of drug-likeness (QED) is 0.823. The summed E-state index contributed by atoms with van der Waals surface area (Å²) >= 11 is 1.82. The first-order valence-electron chi connectivity index (χ1n) is 7.55. The van der Waals surface area contributed by atoms with Crippen molar-refractivity contribution >= 4 is 11.3 Å². The van der Waals surface area contributed by atoms with Crippen LogP contribution in [-0.2, 0) is 13.0 Å². The molecule has 0 N–H and O–H groups in total. The van der Waals surface area contributed by atoms with Crippen LogP contribution in [0.15, 0.2) is 35.7 Å². The second kappa shape index (κ2) is 6.51. The van der Waals surface area contributed by atoms with Gasteiger partial charge in [0.2, 0.25) is 0 Å². The van der Waals surface area contributed by atoms with E-state index in [0.29, 0.717) is 5.92 Å². The van der Waals surface area contributed by atoms with Crippen molar-refractivity contribution in [3.05, 3.63) is 52.0 Å². The van der Waals surface area contributed by atoms with Crippen molar-refractivity contribution in [2.45, 2.75) is 38.6 Å². The predicted octanol–water partition coefficient (Wildman–Crippen LogP) is 4.09. The molecule has 1 saturated heterocycles. The Labute approximate surface area is 125 Å². The van der Waals surface area contributed by atoms with Gasteiger partial charge in [0.05, 0.1) is 10.7 Å². The Balaban J connectivity index is 1.57. The Kier molecular flexibility index (Phi) is 4.48. The predicted molar refractivity (Wildman–Crippen MR) is 85.2 cm³/mol. The molecule has 1 atom stereocenters. The molecule has 0 unspecified atom stereocenters. The molecule has 1 fully saturated rings. The Morgan fingerprint density at radius 2 is 2.15 bits per heavy atom. The Morgan fingerprint density at radius 1 is 1.30 bits per heavy atom. The minimum absolute atomic E-state index is 0.699. The van der Waals surface area contributed by atoms with Crippen LogP contribution in [0.1, 0.15) is 41.9 Å². The van der Waals surface area contributed by atoms with E-state index in [-0.39, 0.29) is 0 Å². The number of benzene rings is 1. The number of aromatic nitrogens is 1. The van der Waals surface area contributed by atoms with E-state index in [4.69, 9.17) is 4.98 Å². The molecule has 3 heteroatoms. The highest BCUT2D eigenvalue weighted by Gasteiger charge is 2.24. The molecule has 0 spiro atoms. The molecule has 2 aromatic rings. The molecule has 0 saturated carbocycles. The van der Waals surface area contributed by atoms with Crippen LogP contribution < -0.4 is 0 Å². The summed E-state index contributed by atoms with van der Waals surface area (Å²) in [5, 5.41) is 3.53. The molecule has 0 radical (unpaired) electrons. The second-order valence-corrected chi connectivity index (χ2v) is 6.56. The van der Waals surface area contributed by atoms with Gasteiger partial charge in [0.15, 0.2) is 0 Å². The molecular weight excluding hydrogens is 264 g/mol. The van der Waals surface area contributed by atoms with Gasteiger partial charge >= 0.3 is 0 Å². The maximum atomic E-state index is 4.74. The van der Waals surface area contributed by atoms with Crippen molar-refractivity contribution in [1.82, 2.24) is 9.88 Å². The zero-order valence-corrected chi connectivity index (χ0v) is 12.9. The lowest BCUT2D eigenvalue weighted by Crippen LogP contribution is -2.20. The Morgan fingerprint density at radius 3 is 2.95 bits per heavy atom. The summed E-state index contributed by atoms with van der Waals surface area (Å²) in [6, 6.07) is 10.9. The maximum absolute atomic E-state index is 4.74. The van der Waals surface area contributed by atoms with Gasteiger partial charge in [-0.15, -0.1) is 11.3 Å². The zero-order valence-electron chi connectivity index (χ0n) is 12.1. The SMILES string of the molecule is CCCc1nc(CN2CC[C@@H](c3ccccc3)C2)cs1. The van der Waals surface area contributed by atoms with Crippen LogP contribution in [0.3, 0.4) is 0 Å². The summed E-state index contributed by atoms with van der Waals surface area (Å²) in [6.07, 6.45) is 3.58. The average Bonchev–Trinajstić information content (AvgIpc) is 3.11. The highest BCUT2D eigenvalue weighted by molar-refractivity contribution is 7.09. The van der Waals surface area contributed by atoms with Crippen molar-refractivity contribution in [2.75, 3.05) is 13.1 Å². The summed E-state index contributed by atoms with van der Waals surface area (Å²) in [6.45, 7) is 5.60. The van der Waals surface area contributed by atoms with Crippen molar-refractivity contribution in [2.24, 2.45) is 0 Å². The second-order valence-electron chi connectivity index (χ2n) is 5.61. The molecule has 106 valence electrons. The number of hydrogen-bond acceptors (Lipinski definition) is 3. The molecule has 20 heavy (non-hydrogen) atoms. The molecule has 1 aromatic heterocycles. The molecule has 1 aliphatic rings. The fourth-order valence-corrected chi connectivity index (χ4v) is 3.84. The fourth-order valence-electron chi connectivity index (χ4n) is 2.95. The zero-order chi connectivity index (χ0) is 13.8. The molecule has 0 bridgehead atoms. The van der Waals surface area contributed by atoms with Gasteiger partial charge in [0, 0.05) is 18.5 Å². The standard InChI is InChI=1S/C17H22N2S/c1-2-6-17-18-16(13-20-17)12-19-10-9-15(11-19)14-7-4-3-5-8-14/h3-5,7-8,13,15H,2,6,9-12H2,1H3/t15-/m1/s1. The lowest BCUT2D eigenvalue weighted by Gasteiger charge is -2.14. The molecule has 1 aliphatic heterocycles. The summed E-state index contributed by atoms with van der Waals surface area (Å²) in [5.41, 5.74) is 2.74. The highest BCUT2D eigenvalue weighted by atomic mass is 32.1. The molecule has 0 aliphatic carbocycles. The first-order chi connectivity index (χ1) is 9.85. The molecule has 2 nitrogen and oxygen atoms in total. The van der Waals surface area contributed by atoms with E-state index in [1.807, 2.05) is 11.3 Å². The Hall–Kier alpha value is -1.19. The number of rotatable bonds is 5. The molecule has 3 rings (SSSR count). The topological polar surface area (TPSA) is 16.1 Å². The number of thiazole rings is 1. The third-order valence-corrected chi connectivity index (χ3v) is 4.95. The lowest BCUT2D eigenvalue weighted by atomic mass is 9.99. The van der Waals surface area contributed by atoms with Gasteiger partial charge < -0.3 is 0 Å². The van der Waals surface area contributed by atoms with E-state index in [1.165, 1.54) is 42.2 Å². The first kappa shape index (κ1) is 13.8. The third-order valence-electron chi connectivity index (χ3n) is 3.99. The highest BCUT2D eigenvalue weighted by Crippen LogP contribution is 2.28. The van der Waals surface area contributed by atoms with Crippen LogP contribution >= 0.6 is 11.3 Å². The molecule has 1 aromatic carbocycles. The molecular formula is C17H22N2S. The monoisotopic (exact) mass is 286 g/mol. The van der Waals surface area contributed by atoms with E-state index >= 15 is 0 Å². The minimum Gasteiger partial charge on any atom is -0.297 e. The average molecular weight is 286 g/mol. The van der Waals surface area contributed by atoms with Gasteiger partial charge in [-0.1, -0.05) is 37.3 Å². The van der Waals surface area contributed by atoms with Gasteiger partial charge in [0.1, 0.15) is 0 Å². The van der Waals surface area contributed by atoms with Gasteiger partial charge in [0.25, 0.3) is 0 Å². The third kappa shape index (κ3) is 3.28. The lowest BCUT2D eigenvalue weighted by molar-refractivity contribution is 0.323. The number of nitrogens with zero attached hydrogens (tertiary/aromatic N) is 2. The van der Waals surface area contributed by atoms with E-state index in [1.54, 1.807) is 0 Å². The van der Waals surface area contributed by atoms with E-state index < -0.39 is 0 Å². The summed E-state index contributed by atoms with van der Waals surface area (Å²) in [4.78, 5) is 7.28. The smallest absolute Gasteiger partial charge is 0.0928 e. The number of aryl methyl sites for hydroxylation is 1. The number of hydrogen-bond donors (Lipinski definition) is 0. The molecule has 2 heterocycles. The maximum Gasteiger partial charge on any atom is 0.0928 e. The van der Waals surface area contributed by atoms with Crippen molar-refractivity contribution < 1.29 is 0 Å². The van der Waals surface area contributed by atoms with Crippen molar-refractivity contribution in [3.8, 4) is 0 Å². The van der Waals surface area contributed by atoms with Crippen LogP contribution in [-0.4, -0.2) is 23.0 Å². The largest absolute Gasteiger partial charge is 0.297 e. The van der Waals surface area contributed by atoms with Crippen LogP contribution in [0.25, 0.3) is 0 Å². The Bertz CT molecular complexity index is 535. The minimum atomic E-state index is 0.699. The number of likely N-dealkylation sites (tertiary alicyclic amines) is 1. The van der Waals surface area contributed by atoms with Crippen molar-refractivity contribution in [3.63, 3.8) is 0 Å². The van der Waals surface area contributed by atoms with Gasteiger partial charge in [-0.05, 0) is 37.3 Å². The van der Waals surface area contributed by atoms with Gasteiger partial charge in [-0.2, -0.15) is 0 Å². The van der Waals surface area contributed by atoms with E-state index in [0.717, 1.165) is 13.0 Å².